The van der Waals surface area contributed by atoms with Crippen molar-refractivity contribution in [2.75, 3.05) is 0 Å². The van der Waals surface area contributed by atoms with Gasteiger partial charge in [0.1, 0.15) is 30.3 Å². The topological polar surface area (TPSA) is 176 Å². The lowest BCUT2D eigenvalue weighted by atomic mass is 10.0. The summed E-state index contributed by atoms with van der Waals surface area (Å²) >= 11 is 0. The number of alkyl carbamates (subject to hydrolysis) is 1. The number of nitrogens with one attached hydrogen (secondary N) is 4. The first-order valence-corrected chi connectivity index (χ1v) is 14.8. The van der Waals surface area contributed by atoms with Crippen LogP contribution in [0.25, 0.3) is 10.9 Å². The van der Waals surface area contributed by atoms with E-state index in [0.717, 1.165) is 22.0 Å². The molecule has 12 nitrogen and oxygen atoms in total. The Labute approximate surface area is 262 Å². The molecule has 0 spiro atoms. The van der Waals surface area contributed by atoms with Gasteiger partial charge in [-0.2, -0.15) is 0 Å². The van der Waals surface area contributed by atoms with Gasteiger partial charge in [-0.1, -0.05) is 62.4 Å². The van der Waals surface area contributed by atoms with Gasteiger partial charge >= 0.3 is 18.0 Å². The summed E-state index contributed by atoms with van der Waals surface area (Å²) in [7, 11) is 0. The molecule has 0 bridgehead atoms. The molecule has 3 atom stereocenters. The molecule has 1 unspecified atom stereocenters. The lowest BCUT2D eigenvalue weighted by molar-refractivity contribution is -0.155. The molecule has 0 radical (unpaired) electrons. The van der Waals surface area contributed by atoms with Crippen molar-refractivity contribution in [3.05, 3.63) is 71.9 Å². The third-order valence-corrected chi connectivity index (χ3v) is 6.84. The molecule has 2 aromatic carbocycles. The van der Waals surface area contributed by atoms with Crippen LogP contribution in [0, 0.1) is 5.92 Å². The molecule has 3 amide bonds. The summed E-state index contributed by atoms with van der Waals surface area (Å²) in [4.78, 5) is 67.3. The Balaban J connectivity index is 1.83. The van der Waals surface area contributed by atoms with Gasteiger partial charge in [0, 0.05) is 29.9 Å². The molecule has 0 fully saturated rings. The van der Waals surface area contributed by atoms with Crippen molar-refractivity contribution in [1.29, 1.82) is 0 Å². The minimum Gasteiger partial charge on any atom is -0.480 e. The maximum atomic E-state index is 13.8. The Bertz CT molecular complexity index is 1480. The molecular weight excluding hydrogens is 580 g/mol. The largest absolute Gasteiger partial charge is 0.480 e. The third-order valence-electron chi connectivity index (χ3n) is 6.84. The van der Waals surface area contributed by atoms with Gasteiger partial charge < -0.3 is 35.5 Å². The first-order valence-electron chi connectivity index (χ1n) is 14.8. The van der Waals surface area contributed by atoms with Crippen LogP contribution in [0.3, 0.4) is 0 Å². The summed E-state index contributed by atoms with van der Waals surface area (Å²) in [6, 6.07) is 12.8. The number of aromatic nitrogens is 1. The predicted octanol–water partition coefficient (Wildman–Crippen LogP) is 3.84. The van der Waals surface area contributed by atoms with Crippen LogP contribution in [-0.4, -0.2) is 63.7 Å². The van der Waals surface area contributed by atoms with Gasteiger partial charge in [0.05, 0.1) is 0 Å². The van der Waals surface area contributed by atoms with Crippen LogP contribution in [0.5, 0.6) is 0 Å². The first-order chi connectivity index (χ1) is 21.2. The maximum absolute atomic E-state index is 13.8. The maximum Gasteiger partial charge on any atom is 0.408 e. The van der Waals surface area contributed by atoms with Crippen molar-refractivity contribution < 1.29 is 38.6 Å². The predicted molar refractivity (Wildman–Crippen MR) is 167 cm³/mol. The van der Waals surface area contributed by atoms with Gasteiger partial charge in [0.2, 0.25) is 11.8 Å². The second-order valence-electron chi connectivity index (χ2n) is 12.1. The quantitative estimate of drug-likeness (QED) is 0.169. The fourth-order valence-corrected chi connectivity index (χ4v) is 4.60. The summed E-state index contributed by atoms with van der Waals surface area (Å²) < 4.78 is 10.7. The van der Waals surface area contributed by atoms with E-state index >= 15 is 0 Å². The number of amides is 3. The Kier molecular flexibility index (Phi) is 12.1. The summed E-state index contributed by atoms with van der Waals surface area (Å²) in [6.07, 6.45) is 0.526. The highest BCUT2D eigenvalue weighted by atomic mass is 16.6. The fraction of sp³-hybridized carbons (Fsp3) is 0.424. The van der Waals surface area contributed by atoms with Crippen molar-refractivity contribution in [1.82, 2.24) is 20.9 Å². The average Bonchev–Trinajstić information content (AvgIpc) is 3.38. The number of hydrogen-bond donors (Lipinski definition) is 5. The lowest BCUT2D eigenvalue weighted by Gasteiger charge is -2.26. The second kappa shape index (κ2) is 15.7. The van der Waals surface area contributed by atoms with Crippen LogP contribution in [0.15, 0.2) is 60.8 Å². The van der Waals surface area contributed by atoms with Crippen LogP contribution >= 0.6 is 0 Å². The molecule has 1 heterocycles. The van der Waals surface area contributed by atoms with Gasteiger partial charge in [-0.3, -0.25) is 14.4 Å². The molecule has 0 aliphatic heterocycles. The minimum absolute atomic E-state index is 0.0270. The van der Waals surface area contributed by atoms with Crippen molar-refractivity contribution in [2.24, 2.45) is 5.92 Å². The Morgan fingerprint density at radius 1 is 0.867 bits per heavy atom. The number of carboxylic acids is 1. The van der Waals surface area contributed by atoms with E-state index in [0.29, 0.717) is 0 Å². The number of aromatic amines is 1. The Morgan fingerprint density at radius 2 is 1.51 bits per heavy atom. The fourth-order valence-electron chi connectivity index (χ4n) is 4.60. The van der Waals surface area contributed by atoms with Gasteiger partial charge in [0.15, 0.2) is 0 Å². The zero-order chi connectivity index (χ0) is 33.1. The SMILES string of the molecule is CC(C)C(NC(=O)[C@H](CCC(=O)OC(C)(C)C)NC(=O)[C@H](Cc1c[nH]c2ccccc12)NC(=O)OCc1ccccc1)C(=O)O. The summed E-state index contributed by atoms with van der Waals surface area (Å²) in [5.41, 5.74) is 1.55. The molecule has 0 saturated heterocycles. The zero-order valence-electron chi connectivity index (χ0n) is 26.2. The molecule has 242 valence electrons. The molecule has 0 saturated carbocycles. The zero-order valence-corrected chi connectivity index (χ0v) is 26.2. The molecule has 5 N–H and O–H groups in total. The number of H-pyrrole nitrogens is 1. The van der Waals surface area contributed by atoms with Gasteiger partial charge in [-0.25, -0.2) is 9.59 Å². The van der Waals surface area contributed by atoms with Crippen LogP contribution in [-0.2, 0) is 41.7 Å². The van der Waals surface area contributed by atoms with Crippen LogP contribution in [0.1, 0.15) is 58.6 Å². The number of para-hydroxylation sites is 1. The number of benzene rings is 2. The van der Waals surface area contributed by atoms with Crippen molar-refractivity contribution >= 4 is 40.7 Å². The number of ether oxygens (including phenoxy) is 2. The third kappa shape index (κ3) is 11.0. The van der Waals surface area contributed by atoms with Crippen molar-refractivity contribution in [2.45, 2.75) is 84.2 Å². The van der Waals surface area contributed by atoms with Crippen molar-refractivity contribution in [3.8, 4) is 0 Å². The lowest BCUT2D eigenvalue weighted by Crippen LogP contribution is -2.57. The molecule has 0 aliphatic carbocycles. The number of rotatable bonds is 14. The van der Waals surface area contributed by atoms with Gasteiger partial charge in [-0.05, 0) is 50.3 Å². The van der Waals surface area contributed by atoms with E-state index in [4.69, 9.17) is 9.47 Å². The number of carbonyl (C=O) groups is 5. The van der Waals surface area contributed by atoms with Gasteiger partial charge in [-0.15, -0.1) is 0 Å². The number of aliphatic carboxylic acids is 1. The van der Waals surface area contributed by atoms with Crippen LogP contribution < -0.4 is 16.0 Å². The highest BCUT2D eigenvalue weighted by Gasteiger charge is 2.32. The number of esters is 1. The van der Waals surface area contributed by atoms with E-state index < -0.39 is 59.5 Å². The standard InChI is InChI=1S/C33H42N4O8/c1-20(2)28(31(41)42)37-29(39)25(15-16-27(38)45-33(3,4)5)35-30(40)26(17-22-18-34-24-14-10-9-13-23(22)24)36-32(43)44-19-21-11-7-6-8-12-21/h6-14,18,20,25-26,28,34H,15-17,19H2,1-5H3,(H,35,40)(H,36,43)(H,37,39)(H,41,42)/t25-,26-,28?/m0/s1. The molecular formula is C33H42N4O8. The van der Waals surface area contributed by atoms with E-state index in [9.17, 15) is 29.1 Å². The Morgan fingerprint density at radius 3 is 2.16 bits per heavy atom. The van der Waals surface area contributed by atoms with Crippen LogP contribution in [0.2, 0.25) is 0 Å². The number of fused-ring (bicyclic) bond motifs is 1. The minimum atomic E-state index is -1.31. The van der Waals surface area contributed by atoms with Crippen molar-refractivity contribution in [3.63, 3.8) is 0 Å². The van der Waals surface area contributed by atoms with Crippen LogP contribution in [0.4, 0.5) is 4.79 Å². The monoisotopic (exact) mass is 622 g/mol. The number of carbonyl (C=O) groups excluding carboxylic acids is 4. The Hall–Kier alpha value is -4.87. The summed E-state index contributed by atoms with van der Waals surface area (Å²) in [5.74, 6) is -3.80. The number of carboxylic acid groups (broad SMARTS) is 1. The second-order valence-corrected chi connectivity index (χ2v) is 12.1. The molecule has 1 aromatic heterocycles. The highest BCUT2D eigenvalue weighted by molar-refractivity contribution is 5.94. The molecule has 3 aromatic rings. The normalized spacial score (nSPS) is 13.4. The average molecular weight is 623 g/mol. The van der Waals surface area contributed by atoms with E-state index in [1.807, 2.05) is 30.3 Å². The molecule has 12 heteroatoms. The summed E-state index contributed by atoms with van der Waals surface area (Å²) in [5, 5.41) is 18.1. The van der Waals surface area contributed by atoms with Gasteiger partial charge in [0.25, 0.3) is 0 Å². The first kappa shape index (κ1) is 34.6. The number of hydrogen-bond acceptors (Lipinski definition) is 7. The smallest absolute Gasteiger partial charge is 0.408 e. The van der Waals surface area contributed by atoms with E-state index in [-0.39, 0.29) is 25.9 Å². The molecule has 0 aliphatic rings. The molecule has 45 heavy (non-hydrogen) atoms. The molecule has 3 rings (SSSR count). The highest BCUT2D eigenvalue weighted by Crippen LogP contribution is 2.20. The van der Waals surface area contributed by atoms with E-state index in [1.165, 1.54) is 0 Å². The van der Waals surface area contributed by atoms with E-state index in [1.54, 1.807) is 65.1 Å². The van der Waals surface area contributed by atoms with E-state index in [2.05, 4.69) is 20.9 Å². The summed E-state index contributed by atoms with van der Waals surface area (Å²) in [6.45, 7) is 8.35.